The molecule has 1 aliphatic rings. The quantitative estimate of drug-likeness (QED) is 0.0303. The van der Waals surface area contributed by atoms with Crippen molar-refractivity contribution in [1.29, 1.82) is 0 Å². The molecular formula is C41H78O9. The number of hydrogen-bond donors (Lipinski definition) is 6. The molecule has 0 aromatic heterocycles. The Labute approximate surface area is 305 Å². The van der Waals surface area contributed by atoms with Gasteiger partial charge in [0, 0.05) is 0 Å². The van der Waals surface area contributed by atoms with Gasteiger partial charge in [0.05, 0.1) is 25.2 Å². The van der Waals surface area contributed by atoms with Gasteiger partial charge in [-0.3, -0.25) is 4.79 Å². The lowest BCUT2D eigenvalue weighted by atomic mass is 9.91. The van der Waals surface area contributed by atoms with Crippen LogP contribution < -0.4 is 0 Å². The molecule has 1 aliphatic heterocycles. The Balaban J connectivity index is 2.45. The third-order valence-corrected chi connectivity index (χ3v) is 10.6. The van der Waals surface area contributed by atoms with Gasteiger partial charge < -0.3 is 40.1 Å². The lowest BCUT2D eigenvalue weighted by Gasteiger charge is -2.40. The summed E-state index contributed by atoms with van der Waals surface area (Å²) in [6, 6.07) is 0. The first-order valence-electron chi connectivity index (χ1n) is 20.7. The van der Waals surface area contributed by atoms with Crippen LogP contribution in [0.25, 0.3) is 0 Å². The summed E-state index contributed by atoms with van der Waals surface area (Å²) in [4.78, 5) is 13.4. The maximum absolute atomic E-state index is 13.4. The van der Waals surface area contributed by atoms with E-state index in [-0.39, 0.29) is 6.61 Å². The minimum atomic E-state index is -1.62. The molecule has 296 valence electrons. The Morgan fingerprint density at radius 1 is 0.700 bits per heavy atom. The molecule has 0 aliphatic carbocycles. The average molecular weight is 715 g/mol. The van der Waals surface area contributed by atoms with E-state index < -0.39 is 61.2 Å². The van der Waals surface area contributed by atoms with Gasteiger partial charge in [-0.2, -0.15) is 0 Å². The summed E-state index contributed by atoms with van der Waals surface area (Å²) in [6.07, 6.45) is 21.3. The summed E-state index contributed by atoms with van der Waals surface area (Å²) in [5.74, 6) is -0.794. The highest BCUT2D eigenvalue weighted by molar-refractivity contribution is 5.86. The van der Waals surface area contributed by atoms with Crippen molar-refractivity contribution in [2.75, 3.05) is 13.2 Å². The van der Waals surface area contributed by atoms with Crippen molar-refractivity contribution in [2.45, 2.75) is 218 Å². The molecule has 0 bridgehead atoms. The van der Waals surface area contributed by atoms with E-state index in [0.29, 0.717) is 12.8 Å². The fraction of sp³-hybridized carbons (Fsp3) is 0.927. The maximum Gasteiger partial charge on any atom is 0.186 e. The smallest absolute Gasteiger partial charge is 0.186 e. The van der Waals surface area contributed by atoms with Crippen molar-refractivity contribution >= 4 is 5.78 Å². The lowest BCUT2D eigenvalue weighted by Crippen LogP contribution is -2.59. The molecule has 0 radical (unpaired) electrons. The molecule has 1 unspecified atom stereocenters. The van der Waals surface area contributed by atoms with Gasteiger partial charge in [-0.25, -0.2) is 0 Å². The molecule has 9 atom stereocenters. The van der Waals surface area contributed by atoms with E-state index in [1.54, 1.807) is 6.08 Å². The lowest BCUT2D eigenvalue weighted by molar-refractivity contribution is -0.303. The van der Waals surface area contributed by atoms with Crippen molar-refractivity contribution in [3.63, 3.8) is 0 Å². The summed E-state index contributed by atoms with van der Waals surface area (Å²) < 4.78 is 11.1. The monoisotopic (exact) mass is 715 g/mol. The van der Waals surface area contributed by atoms with Gasteiger partial charge in [0.1, 0.15) is 30.5 Å². The molecule has 1 fully saturated rings. The highest BCUT2D eigenvalue weighted by Crippen LogP contribution is 2.24. The second-order valence-electron chi connectivity index (χ2n) is 15.1. The number of unbranched alkanes of at least 4 members (excludes halogenated alkanes) is 19. The van der Waals surface area contributed by atoms with E-state index in [1.165, 1.54) is 103 Å². The number of ketones is 1. The third kappa shape index (κ3) is 21.0. The molecule has 9 nitrogen and oxygen atoms in total. The summed E-state index contributed by atoms with van der Waals surface area (Å²) in [5, 5.41) is 61.9. The number of ether oxygens (including phenoxy) is 2. The number of Topliss-reactive ketones (excluding diaryl/α,β-unsaturated/α-hetero) is 1. The molecule has 0 spiro atoms. The predicted molar refractivity (Wildman–Crippen MR) is 201 cm³/mol. The SMILES string of the molecule is CCCCCCCCC/C=C/[C@@H](O)[C@H](CO[C@@H]1O[C@H](CO)[C@H](O)[C@H](O)[C@H]1O)C(=O)[C@H](O)CCCCCCCCCCCCCCCC(C)CC. The van der Waals surface area contributed by atoms with Crippen molar-refractivity contribution in [1.82, 2.24) is 0 Å². The van der Waals surface area contributed by atoms with Crippen LogP contribution >= 0.6 is 0 Å². The molecular weight excluding hydrogens is 636 g/mol. The predicted octanol–water partition coefficient (Wildman–Crippen LogP) is 7.30. The van der Waals surface area contributed by atoms with Gasteiger partial charge in [0.15, 0.2) is 12.1 Å². The molecule has 0 amide bonds. The second-order valence-corrected chi connectivity index (χ2v) is 15.1. The van der Waals surface area contributed by atoms with Crippen LogP contribution in [-0.4, -0.2) is 92.5 Å². The molecule has 0 saturated carbocycles. The zero-order valence-electron chi connectivity index (χ0n) is 32.1. The van der Waals surface area contributed by atoms with Gasteiger partial charge in [-0.15, -0.1) is 0 Å². The van der Waals surface area contributed by atoms with Crippen LogP contribution in [0.15, 0.2) is 12.2 Å². The van der Waals surface area contributed by atoms with Crippen molar-refractivity contribution in [2.24, 2.45) is 11.8 Å². The third-order valence-electron chi connectivity index (χ3n) is 10.6. The molecule has 1 heterocycles. The van der Waals surface area contributed by atoms with Crippen LogP contribution in [0.2, 0.25) is 0 Å². The van der Waals surface area contributed by atoms with E-state index in [1.807, 2.05) is 6.08 Å². The van der Waals surface area contributed by atoms with Crippen LogP contribution in [0.3, 0.4) is 0 Å². The average Bonchev–Trinajstić information content (AvgIpc) is 3.11. The van der Waals surface area contributed by atoms with E-state index in [9.17, 15) is 35.4 Å². The standard InChI is InChI=1S/C41H78O9/c1-4-6-7-8-9-15-19-22-25-28-34(43)33(31-49-41-40(48)39(47)38(46)36(30-42)50-41)37(45)35(44)29-26-23-20-17-14-12-10-11-13-16-18-21-24-27-32(3)5-2/h25,28,32-36,38-44,46-48H,4-24,26-27,29-31H2,1-3H3/b28-25+/t32?,33-,34+,35+,36+,38-,39-,40+,41+/m0/s1. The first kappa shape index (κ1) is 47.1. The van der Waals surface area contributed by atoms with Crippen LogP contribution in [0.5, 0.6) is 0 Å². The normalized spacial score (nSPS) is 23.7. The Hall–Kier alpha value is -0.910. The fourth-order valence-electron chi connectivity index (χ4n) is 6.71. The number of aliphatic hydroxyl groups excluding tert-OH is 6. The molecule has 50 heavy (non-hydrogen) atoms. The maximum atomic E-state index is 13.4. The summed E-state index contributed by atoms with van der Waals surface area (Å²) >= 11 is 0. The molecule has 1 saturated heterocycles. The van der Waals surface area contributed by atoms with Crippen LogP contribution in [-0.2, 0) is 14.3 Å². The summed E-state index contributed by atoms with van der Waals surface area (Å²) in [5.41, 5.74) is 0. The van der Waals surface area contributed by atoms with Crippen LogP contribution in [0.1, 0.15) is 175 Å². The van der Waals surface area contributed by atoms with Crippen LogP contribution in [0, 0.1) is 11.8 Å². The van der Waals surface area contributed by atoms with Crippen molar-refractivity contribution in [3.8, 4) is 0 Å². The van der Waals surface area contributed by atoms with Crippen molar-refractivity contribution in [3.05, 3.63) is 12.2 Å². The summed E-state index contributed by atoms with van der Waals surface area (Å²) in [6.45, 7) is 5.85. The van der Waals surface area contributed by atoms with E-state index in [0.717, 1.165) is 44.4 Å². The molecule has 9 heteroatoms. The number of carbonyl (C=O) groups excluding carboxylic acids is 1. The number of rotatable bonds is 33. The Bertz CT molecular complexity index is 822. The second kappa shape index (κ2) is 30.5. The minimum absolute atomic E-state index is 0.293. The zero-order valence-corrected chi connectivity index (χ0v) is 32.1. The van der Waals surface area contributed by atoms with Gasteiger partial charge in [0.25, 0.3) is 0 Å². The Morgan fingerprint density at radius 3 is 1.72 bits per heavy atom. The molecule has 0 aromatic carbocycles. The molecule has 1 rings (SSSR count). The first-order valence-corrected chi connectivity index (χ1v) is 20.7. The number of carbonyl (C=O) groups is 1. The Morgan fingerprint density at radius 2 is 1.20 bits per heavy atom. The van der Waals surface area contributed by atoms with Crippen molar-refractivity contribution < 1.29 is 44.9 Å². The first-order chi connectivity index (χ1) is 24.2. The topological polar surface area (TPSA) is 157 Å². The van der Waals surface area contributed by atoms with Crippen LogP contribution in [0.4, 0.5) is 0 Å². The number of allylic oxidation sites excluding steroid dienone is 1. The van der Waals surface area contributed by atoms with E-state index >= 15 is 0 Å². The number of hydrogen-bond acceptors (Lipinski definition) is 9. The van der Waals surface area contributed by atoms with Gasteiger partial charge in [-0.1, -0.05) is 168 Å². The Kier molecular flexibility index (Phi) is 28.8. The zero-order chi connectivity index (χ0) is 37.0. The largest absolute Gasteiger partial charge is 0.394 e. The van der Waals surface area contributed by atoms with Gasteiger partial charge in [-0.05, 0) is 25.2 Å². The van der Waals surface area contributed by atoms with E-state index in [2.05, 4.69) is 20.8 Å². The fourth-order valence-corrected chi connectivity index (χ4v) is 6.71. The highest BCUT2D eigenvalue weighted by Gasteiger charge is 2.44. The van der Waals surface area contributed by atoms with E-state index in [4.69, 9.17) is 9.47 Å². The van der Waals surface area contributed by atoms with Gasteiger partial charge >= 0.3 is 0 Å². The summed E-state index contributed by atoms with van der Waals surface area (Å²) in [7, 11) is 0. The molecule has 0 aromatic rings. The van der Waals surface area contributed by atoms with Gasteiger partial charge in [0.2, 0.25) is 0 Å². The highest BCUT2D eigenvalue weighted by atomic mass is 16.7. The minimum Gasteiger partial charge on any atom is -0.394 e. The molecule has 6 N–H and O–H groups in total. The number of aliphatic hydroxyl groups is 6.